The molecule has 1 unspecified atom stereocenters. The van der Waals surface area contributed by atoms with Crippen LogP contribution in [0, 0.1) is 0 Å². The topological polar surface area (TPSA) is 71.5 Å². The molecule has 1 fully saturated rings. The van der Waals surface area contributed by atoms with Crippen LogP contribution in [0.2, 0.25) is 0 Å². The SMILES string of the molecule is CC(C)(C)OC(=O)NCCCC(=O)N1CCCCCC1c1ccncc1. The molecule has 2 amide bonds. The van der Waals surface area contributed by atoms with Crippen molar-refractivity contribution in [1.29, 1.82) is 0 Å². The van der Waals surface area contributed by atoms with E-state index >= 15 is 0 Å². The number of rotatable bonds is 5. The second-order valence-electron chi connectivity index (χ2n) is 7.77. The van der Waals surface area contributed by atoms with E-state index in [-0.39, 0.29) is 11.9 Å². The first-order valence-corrected chi connectivity index (χ1v) is 9.53. The Morgan fingerprint density at radius 1 is 1.23 bits per heavy atom. The maximum atomic E-state index is 12.8. The lowest BCUT2D eigenvalue weighted by Crippen LogP contribution is -2.36. The molecule has 0 radical (unpaired) electrons. The van der Waals surface area contributed by atoms with E-state index in [0.717, 1.165) is 37.8 Å². The van der Waals surface area contributed by atoms with Gasteiger partial charge in [-0.25, -0.2) is 4.79 Å². The van der Waals surface area contributed by atoms with Crippen molar-refractivity contribution in [1.82, 2.24) is 15.2 Å². The summed E-state index contributed by atoms with van der Waals surface area (Å²) < 4.78 is 5.20. The quantitative estimate of drug-likeness (QED) is 0.809. The highest BCUT2D eigenvalue weighted by Crippen LogP contribution is 2.30. The summed E-state index contributed by atoms with van der Waals surface area (Å²) in [4.78, 5) is 30.5. The van der Waals surface area contributed by atoms with Gasteiger partial charge in [0.1, 0.15) is 5.60 Å². The molecular weight excluding hydrogens is 330 g/mol. The molecule has 1 saturated heterocycles. The first-order chi connectivity index (χ1) is 12.4. The molecule has 1 N–H and O–H groups in total. The molecule has 6 heteroatoms. The van der Waals surface area contributed by atoms with Crippen LogP contribution in [0.5, 0.6) is 0 Å². The number of ether oxygens (including phenoxy) is 1. The third kappa shape index (κ3) is 6.65. The van der Waals surface area contributed by atoms with Crippen LogP contribution >= 0.6 is 0 Å². The van der Waals surface area contributed by atoms with Gasteiger partial charge in [0.05, 0.1) is 6.04 Å². The summed E-state index contributed by atoms with van der Waals surface area (Å²) in [6, 6.07) is 4.13. The number of nitrogens with zero attached hydrogens (tertiary/aromatic N) is 2. The Labute approximate surface area is 156 Å². The predicted molar refractivity (Wildman–Crippen MR) is 101 cm³/mol. The summed E-state index contributed by atoms with van der Waals surface area (Å²) in [5.41, 5.74) is 0.645. The number of carbonyl (C=O) groups excluding carboxylic acids is 2. The van der Waals surface area contributed by atoms with Crippen molar-refractivity contribution in [3.63, 3.8) is 0 Å². The number of hydrogen-bond donors (Lipinski definition) is 1. The van der Waals surface area contributed by atoms with Crippen molar-refractivity contribution in [3.8, 4) is 0 Å². The fraction of sp³-hybridized carbons (Fsp3) is 0.650. The first kappa shape index (κ1) is 20.2. The van der Waals surface area contributed by atoms with E-state index < -0.39 is 11.7 Å². The Morgan fingerprint density at radius 3 is 2.65 bits per heavy atom. The Balaban J connectivity index is 1.85. The molecule has 0 aromatic carbocycles. The van der Waals surface area contributed by atoms with Crippen molar-refractivity contribution in [3.05, 3.63) is 30.1 Å². The number of amides is 2. The molecule has 0 spiro atoms. The van der Waals surface area contributed by atoms with Crippen LogP contribution in [-0.4, -0.2) is 40.6 Å². The van der Waals surface area contributed by atoms with Crippen molar-refractivity contribution >= 4 is 12.0 Å². The summed E-state index contributed by atoms with van der Waals surface area (Å²) in [6.07, 6.45) is 8.50. The molecule has 1 atom stereocenters. The predicted octanol–water partition coefficient (Wildman–Crippen LogP) is 3.83. The van der Waals surface area contributed by atoms with E-state index in [2.05, 4.69) is 10.3 Å². The maximum absolute atomic E-state index is 12.8. The fourth-order valence-corrected chi connectivity index (χ4v) is 3.23. The second-order valence-corrected chi connectivity index (χ2v) is 7.77. The molecule has 1 aliphatic heterocycles. The molecular formula is C20H31N3O3. The van der Waals surface area contributed by atoms with Crippen LogP contribution in [0.25, 0.3) is 0 Å². The molecule has 0 saturated carbocycles. The zero-order valence-corrected chi connectivity index (χ0v) is 16.2. The third-order valence-electron chi connectivity index (χ3n) is 4.40. The Hall–Kier alpha value is -2.11. The standard InChI is InChI=1S/C20H31N3O3/c1-20(2,3)26-19(25)22-12-7-9-18(24)23-15-6-4-5-8-17(23)16-10-13-21-14-11-16/h10-11,13-14,17H,4-9,12,15H2,1-3H3,(H,22,25). The van der Waals surface area contributed by atoms with Crippen LogP contribution in [-0.2, 0) is 9.53 Å². The van der Waals surface area contributed by atoms with Crippen LogP contribution in [0.4, 0.5) is 4.79 Å². The Morgan fingerprint density at radius 2 is 1.96 bits per heavy atom. The van der Waals surface area contributed by atoms with Crippen LogP contribution in [0.3, 0.4) is 0 Å². The molecule has 1 aromatic heterocycles. The fourth-order valence-electron chi connectivity index (χ4n) is 3.23. The molecule has 1 aromatic rings. The minimum atomic E-state index is -0.510. The molecule has 2 heterocycles. The average Bonchev–Trinajstić information content (AvgIpc) is 2.84. The third-order valence-corrected chi connectivity index (χ3v) is 4.40. The highest BCUT2D eigenvalue weighted by molar-refractivity contribution is 5.77. The normalized spacial score (nSPS) is 18.1. The van der Waals surface area contributed by atoms with Gasteiger partial charge in [-0.3, -0.25) is 9.78 Å². The highest BCUT2D eigenvalue weighted by atomic mass is 16.6. The number of likely N-dealkylation sites (tertiary alicyclic amines) is 1. The number of carbonyl (C=O) groups is 2. The Kier molecular flexibility index (Phi) is 7.42. The van der Waals surface area contributed by atoms with Gasteiger partial charge in [-0.15, -0.1) is 0 Å². The molecule has 0 aliphatic carbocycles. The van der Waals surface area contributed by atoms with Gasteiger partial charge < -0.3 is 15.0 Å². The number of pyridine rings is 1. The van der Waals surface area contributed by atoms with Gasteiger partial charge in [-0.05, 0) is 57.7 Å². The van der Waals surface area contributed by atoms with Gasteiger partial charge in [-0.1, -0.05) is 12.8 Å². The van der Waals surface area contributed by atoms with Crippen LogP contribution in [0.15, 0.2) is 24.5 Å². The van der Waals surface area contributed by atoms with Crippen LogP contribution in [0.1, 0.15) is 70.9 Å². The van der Waals surface area contributed by atoms with E-state index in [1.165, 1.54) is 0 Å². The number of hydrogen-bond acceptors (Lipinski definition) is 4. The van der Waals surface area contributed by atoms with Crippen LogP contribution < -0.4 is 5.32 Å². The van der Waals surface area contributed by atoms with Gasteiger partial charge in [0.2, 0.25) is 5.91 Å². The molecule has 1 aliphatic rings. The molecule has 6 nitrogen and oxygen atoms in total. The lowest BCUT2D eigenvalue weighted by Gasteiger charge is -2.30. The van der Waals surface area contributed by atoms with E-state index in [1.807, 2.05) is 37.8 Å². The highest BCUT2D eigenvalue weighted by Gasteiger charge is 2.26. The summed E-state index contributed by atoms with van der Waals surface area (Å²) in [6.45, 7) is 6.72. The van der Waals surface area contributed by atoms with Crippen molar-refractivity contribution in [2.24, 2.45) is 0 Å². The largest absolute Gasteiger partial charge is 0.444 e. The van der Waals surface area contributed by atoms with Gasteiger partial charge in [-0.2, -0.15) is 0 Å². The molecule has 144 valence electrons. The zero-order valence-electron chi connectivity index (χ0n) is 16.2. The van der Waals surface area contributed by atoms with E-state index in [9.17, 15) is 9.59 Å². The minimum absolute atomic E-state index is 0.131. The summed E-state index contributed by atoms with van der Waals surface area (Å²) in [7, 11) is 0. The second kappa shape index (κ2) is 9.55. The smallest absolute Gasteiger partial charge is 0.407 e. The lowest BCUT2D eigenvalue weighted by atomic mass is 10.0. The zero-order chi connectivity index (χ0) is 19.0. The van der Waals surface area contributed by atoms with Crippen molar-refractivity contribution in [2.45, 2.75) is 70.9 Å². The summed E-state index contributed by atoms with van der Waals surface area (Å²) in [5, 5.41) is 2.71. The summed E-state index contributed by atoms with van der Waals surface area (Å²) >= 11 is 0. The number of aromatic nitrogens is 1. The molecule has 26 heavy (non-hydrogen) atoms. The molecule has 2 rings (SSSR count). The average molecular weight is 361 g/mol. The van der Waals surface area contributed by atoms with E-state index in [1.54, 1.807) is 12.4 Å². The minimum Gasteiger partial charge on any atom is -0.444 e. The monoisotopic (exact) mass is 361 g/mol. The van der Waals surface area contributed by atoms with E-state index in [0.29, 0.717) is 19.4 Å². The van der Waals surface area contributed by atoms with Gasteiger partial charge in [0.25, 0.3) is 0 Å². The van der Waals surface area contributed by atoms with E-state index in [4.69, 9.17) is 4.74 Å². The first-order valence-electron chi connectivity index (χ1n) is 9.53. The number of nitrogens with one attached hydrogen (secondary N) is 1. The van der Waals surface area contributed by atoms with Gasteiger partial charge in [0, 0.05) is 31.9 Å². The Bertz CT molecular complexity index is 584. The van der Waals surface area contributed by atoms with Gasteiger partial charge >= 0.3 is 6.09 Å². The maximum Gasteiger partial charge on any atom is 0.407 e. The van der Waals surface area contributed by atoms with Gasteiger partial charge in [0.15, 0.2) is 0 Å². The van der Waals surface area contributed by atoms with Crippen molar-refractivity contribution < 1.29 is 14.3 Å². The van der Waals surface area contributed by atoms with Crippen molar-refractivity contribution in [2.75, 3.05) is 13.1 Å². The molecule has 0 bridgehead atoms. The summed E-state index contributed by atoms with van der Waals surface area (Å²) in [5.74, 6) is 0.153. The lowest BCUT2D eigenvalue weighted by molar-refractivity contribution is -0.133. The number of alkyl carbamates (subject to hydrolysis) is 1.